The molecule has 1 aromatic carbocycles. The van der Waals surface area contributed by atoms with Gasteiger partial charge < -0.3 is 16.0 Å². The van der Waals surface area contributed by atoms with Crippen molar-refractivity contribution in [2.75, 3.05) is 6.54 Å². The van der Waals surface area contributed by atoms with Gasteiger partial charge in [0.25, 0.3) is 0 Å². The monoisotopic (exact) mass is 218 g/mol. The largest absolute Gasteiger partial charge is 0.334 e. The molecule has 1 aromatic heterocycles. The lowest BCUT2D eigenvalue weighted by molar-refractivity contribution is 0.618. The molecule has 4 heteroatoms. The van der Waals surface area contributed by atoms with E-state index in [4.69, 9.17) is 11.5 Å². The van der Waals surface area contributed by atoms with E-state index in [-0.39, 0.29) is 6.04 Å². The molecule has 0 bridgehead atoms. The summed E-state index contributed by atoms with van der Waals surface area (Å²) in [5.74, 6) is 0. The third kappa shape index (κ3) is 2.08. The van der Waals surface area contributed by atoms with Crippen LogP contribution in [0.5, 0.6) is 0 Å². The van der Waals surface area contributed by atoms with E-state index < -0.39 is 0 Å². The molecule has 0 aliphatic rings. The van der Waals surface area contributed by atoms with Crippen LogP contribution in [0.3, 0.4) is 0 Å². The van der Waals surface area contributed by atoms with Crippen molar-refractivity contribution in [3.63, 3.8) is 0 Å². The Morgan fingerprint density at radius 2 is 2.25 bits per heavy atom. The van der Waals surface area contributed by atoms with Crippen LogP contribution in [-0.2, 0) is 7.05 Å². The summed E-state index contributed by atoms with van der Waals surface area (Å²) in [6, 6.07) is 6.27. The number of aryl methyl sites for hydroxylation is 1. The van der Waals surface area contributed by atoms with Gasteiger partial charge in [0, 0.05) is 13.1 Å². The molecule has 0 radical (unpaired) electrons. The molecule has 16 heavy (non-hydrogen) atoms. The summed E-state index contributed by atoms with van der Waals surface area (Å²) < 4.78 is 2.00. The number of nitrogens with zero attached hydrogens (tertiary/aromatic N) is 2. The molecule has 1 unspecified atom stereocenters. The van der Waals surface area contributed by atoms with Gasteiger partial charge in [0.05, 0.1) is 17.4 Å². The first kappa shape index (κ1) is 11.1. The number of nitrogens with two attached hydrogens (primary N) is 2. The topological polar surface area (TPSA) is 69.9 Å². The maximum absolute atomic E-state index is 6.09. The van der Waals surface area contributed by atoms with Crippen molar-refractivity contribution < 1.29 is 0 Å². The molecular weight excluding hydrogens is 200 g/mol. The van der Waals surface area contributed by atoms with Crippen LogP contribution in [0.2, 0.25) is 0 Å². The van der Waals surface area contributed by atoms with Crippen LogP contribution in [0.1, 0.15) is 24.4 Å². The van der Waals surface area contributed by atoms with E-state index in [1.165, 1.54) is 0 Å². The second-order valence-corrected chi connectivity index (χ2v) is 4.14. The number of aromatic nitrogens is 2. The fraction of sp³-hybridized carbons (Fsp3) is 0.417. The Morgan fingerprint density at radius 3 is 3.00 bits per heavy atom. The van der Waals surface area contributed by atoms with E-state index in [0.29, 0.717) is 6.54 Å². The Hall–Kier alpha value is -1.39. The highest BCUT2D eigenvalue weighted by molar-refractivity contribution is 5.76. The predicted molar refractivity (Wildman–Crippen MR) is 65.9 cm³/mol. The van der Waals surface area contributed by atoms with Gasteiger partial charge in [0.15, 0.2) is 0 Å². The molecule has 0 spiro atoms. The number of imidazole rings is 1. The minimum Gasteiger partial charge on any atom is -0.334 e. The second kappa shape index (κ2) is 4.63. The smallest absolute Gasteiger partial charge is 0.0955 e. The molecule has 1 atom stereocenters. The predicted octanol–water partition coefficient (Wildman–Crippen LogP) is 1.31. The van der Waals surface area contributed by atoms with E-state index in [2.05, 4.69) is 23.2 Å². The highest BCUT2D eigenvalue weighted by atomic mass is 15.0. The molecular formula is C12H18N4. The van der Waals surface area contributed by atoms with Gasteiger partial charge in [0.1, 0.15) is 0 Å². The number of hydrogen-bond acceptors (Lipinski definition) is 3. The van der Waals surface area contributed by atoms with E-state index in [1.807, 2.05) is 17.9 Å². The molecule has 4 N–H and O–H groups in total. The number of benzene rings is 1. The van der Waals surface area contributed by atoms with Crippen molar-refractivity contribution in [3.8, 4) is 0 Å². The van der Waals surface area contributed by atoms with Crippen molar-refractivity contribution in [2.45, 2.75) is 18.9 Å². The van der Waals surface area contributed by atoms with Crippen LogP contribution in [0.15, 0.2) is 24.5 Å². The third-order valence-corrected chi connectivity index (χ3v) is 2.90. The standard InChI is InChI=1S/C12H18N4/c1-16-8-15-11-7-9(4-5-12(11)16)10(14)3-2-6-13/h4-5,7-8,10H,2-3,6,13-14H2,1H3. The first-order valence-electron chi connectivity index (χ1n) is 5.59. The van der Waals surface area contributed by atoms with Gasteiger partial charge >= 0.3 is 0 Å². The number of fused-ring (bicyclic) bond motifs is 1. The Bertz CT molecular complexity index is 475. The van der Waals surface area contributed by atoms with E-state index in [1.54, 1.807) is 0 Å². The van der Waals surface area contributed by atoms with Crippen LogP contribution < -0.4 is 11.5 Å². The van der Waals surface area contributed by atoms with Crippen molar-refractivity contribution in [1.29, 1.82) is 0 Å². The average molecular weight is 218 g/mol. The van der Waals surface area contributed by atoms with Crippen molar-refractivity contribution in [1.82, 2.24) is 9.55 Å². The Labute approximate surface area is 95.3 Å². The normalized spacial score (nSPS) is 13.2. The summed E-state index contributed by atoms with van der Waals surface area (Å²) in [5.41, 5.74) is 14.8. The Balaban J connectivity index is 2.25. The number of hydrogen-bond donors (Lipinski definition) is 2. The quantitative estimate of drug-likeness (QED) is 0.813. The molecule has 0 aliphatic carbocycles. The lowest BCUT2D eigenvalue weighted by Gasteiger charge is -2.11. The fourth-order valence-corrected chi connectivity index (χ4v) is 1.89. The Kier molecular flexibility index (Phi) is 3.22. The lowest BCUT2D eigenvalue weighted by Crippen LogP contribution is -2.12. The molecule has 0 saturated heterocycles. The number of rotatable bonds is 4. The molecule has 0 aliphatic heterocycles. The molecule has 2 rings (SSSR count). The minimum atomic E-state index is 0.0648. The fourth-order valence-electron chi connectivity index (χ4n) is 1.89. The second-order valence-electron chi connectivity index (χ2n) is 4.14. The minimum absolute atomic E-state index is 0.0648. The highest BCUT2D eigenvalue weighted by Gasteiger charge is 2.07. The van der Waals surface area contributed by atoms with E-state index >= 15 is 0 Å². The molecule has 0 saturated carbocycles. The summed E-state index contributed by atoms with van der Waals surface area (Å²) in [6.07, 6.45) is 3.70. The van der Waals surface area contributed by atoms with Gasteiger partial charge in [-0.2, -0.15) is 0 Å². The van der Waals surface area contributed by atoms with Crippen molar-refractivity contribution in [2.24, 2.45) is 18.5 Å². The van der Waals surface area contributed by atoms with Crippen molar-refractivity contribution in [3.05, 3.63) is 30.1 Å². The zero-order valence-electron chi connectivity index (χ0n) is 9.56. The van der Waals surface area contributed by atoms with Gasteiger partial charge in [0.2, 0.25) is 0 Å². The van der Waals surface area contributed by atoms with Gasteiger partial charge in [-0.3, -0.25) is 0 Å². The summed E-state index contributed by atoms with van der Waals surface area (Å²) >= 11 is 0. The summed E-state index contributed by atoms with van der Waals surface area (Å²) in [7, 11) is 1.99. The van der Waals surface area contributed by atoms with E-state index in [0.717, 1.165) is 29.4 Å². The Morgan fingerprint density at radius 1 is 1.44 bits per heavy atom. The molecule has 2 aromatic rings. The maximum Gasteiger partial charge on any atom is 0.0955 e. The van der Waals surface area contributed by atoms with E-state index in [9.17, 15) is 0 Å². The first-order chi connectivity index (χ1) is 7.72. The lowest BCUT2D eigenvalue weighted by atomic mass is 10.0. The zero-order valence-corrected chi connectivity index (χ0v) is 9.56. The van der Waals surface area contributed by atoms with Crippen LogP contribution in [0, 0.1) is 0 Å². The molecule has 1 heterocycles. The SMILES string of the molecule is Cn1cnc2cc(C(N)CCCN)ccc21. The van der Waals surface area contributed by atoms with Crippen LogP contribution in [0.25, 0.3) is 11.0 Å². The van der Waals surface area contributed by atoms with Gasteiger partial charge in [-0.05, 0) is 37.1 Å². The highest BCUT2D eigenvalue weighted by Crippen LogP contribution is 2.20. The van der Waals surface area contributed by atoms with Crippen molar-refractivity contribution >= 4 is 11.0 Å². The maximum atomic E-state index is 6.09. The average Bonchev–Trinajstić information content (AvgIpc) is 2.67. The van der Waals surface area contributed by atoms with Crippen LogP contribution in [-0.4, -0.2) is 16.1 Å². The summed E-state index contributed by atoms with van der Waals surface area (Å²) in [6.45, 7) is 0.694. The molecule has 0 amide bonds. The molecule has 0 fully saturated rings. The van der Waals surface area contributed by atoms with Gasteiger partial charge in [-0.25, -0.2) is 4.98 Å². The van der Waals surface area contributed by atoms with Crippen LogP contribution >= 0.6 is 0 Å². The van der Waals surface area contributed by atoms with Gasteiger partial charge in [-0.1, -0.05) is 6.07 Å². The summed E-state index contributed by atoms with van der Waals surface area (Å²) in [4.78, 5) is 4.32. The van der Waals surface area contributed by atoms with Gasteiger partial charge in [-0.15, -0.1) is 0 Å². The first-order valence-corrected chi connectivity index (χ1v) is 5.59. The molecule has 86 valence electrons. The molecule has 4 nitrogen and oxygen atoms in total. The third-order valence-electron chi connectivity index (χ3n) is 2.90. The summed E-state index contributed by atoms with van der Waals surface area (Å²) in [5, 5.41) is 0. The van der Waals surface area contributed by atoms with Crippen LogP contribution in [0.4, 0.5) is 0 Å². The zero-order chi connectivity index (χ0) is 11.5.